The number of phenolic OH excluding ortho intramolecular Hbond substituents is 1. The molecule has 0 fully saturated rings. The molecule has 0 radical (unpaired) electrons. The summed E-state index contributed by atoms with van der Waals surface area (Å²) in [4.78, 5) is 0. The predicted octanol–water partition coefficient (Wildman–Crippen LogP) is 1.53. The van der Waals surface area contributed by atoms with Crippen LogP contribution in [0.25, 0.3) is 0 Å². The Kier molecular flexibility index (Phi) is 2.99. The highest BCUT2D eigenvalue weighted by atomic mass is 19.3. The summed E-state index contributed by atoms with van der Waals surface area (Å²) in [5, 5.41) is 17.7. The van der Waals surface area contributed by atoms with Gasteiger partial charge in [-0.15, -0.1) is 0 Å². The lowest BCUT2D eigenvalue weighted by molar-refractivity contribution is 0.115. The van der Waals surface area contributed by atoms with Crippen molar-refractivity contribution in [2.24, 2.45) is 5.73 Å². The number of phenols is 1. The quantitative estimate of drug-likeness (QED) is 0.757. The van der Waals surface area contributed by atoms with E-state index in [4.69, 9.17) is 11.0 Å². The summed E-state index contributed by atoms with van der Waals surface area (Å²) >= 11 is 0. The van der Waals surface area contributed by atoms with Crippen molar-refractivity contribution in [3.63, 3.8) is 0 Å². The van der Waals surface area contributed by atoms with E-state index >= 15 is 0 Å². The smallest absolute Gasteiger partial charge is 0.257 e. The Bertz CT molecular complexity index is 374. The van der Waals surface area contributed by atoms with Gasteiger partial charge in [0.1, 0.15) is 5.75 Å². The molecule has 0 aliphatic carbocycles. The molecule has 1 aromatic carbocycles. The van der Waals surface area contributed by atoms with Crippen LogP contribution in [-0.2, 0) is 0 Å². The van der Waals surface area contributed by atoms with Gasteiger partial charge in [-0.25, -0.2) is 8.78 Å². The molecule has 0 amide bonds. The highest BCUT2D eigenvalue weighted by Gasteiger charge is 2.20. The number of benzene rings is 1. The second kappa shape index (κ2) is 4.03. The van der Waals surface area contributed by atoms with Crippen LogP contribution in [0.1, 0.15) is 17.2 Å². The summed E-state index contributed by atoms with van der Waals surface area (Å²) in [6.45, 7) is 0. The van der Waals surface area contributed by atoms with E-state index in [-0.39, 0.29) is 16.9 Å². The van der Waals surface area contributed by atoms with Crippen molar-refractivity contribution in [2.45, 2.75) is 12.5 Å². The van der Waals surface area contributed by atoms with Gasteiger partial charge in [0.15, 0.2) is 0 Å². The number of nitrogens with zero attached hydrogens (tertiary/aromatic N) is 1. The fraction of sp³-hybridized carbons (Fsp3) is 0.222. The number of aromatic hydroxyl groups is 1. The van der Waals surface area contributed by atoms with Crippen molar-refractivity contribution in [3.8, 4) is 11.8 Å². The lowest BCUT2D eigenvalue weighted by atomic mass is 10.0. The predicted molar refractivity (Wildman–Crippen MR) is 45.8 cm³/mol. The van der Waals surface area contributed by atoms with Crippen LogP contribution in [0.15, 0.2) is 18.2 Å². The lowest BCUT2D eigenvalue weighted by Crippen LogP contribution is -2.19. The maximum Gasteiger partial charge on any atom is 0.257 e. The summed E-state index contributed by atoms with van der Waals surface area (Å²) in [6.07, 6.45) is -2.77. The molecule has 5 heteroatoms. The van der Waals surface area contributed by atoms with Crippen LogP contribution in [0.3, 0.4) is 0 Å². The minimum absolute atomic E-state index is 0.112. The van der Waals surface area contributed by atoms with E-state index in [1.165, 1.54) is 12.1 Å². The first kappa shape index (κ1) is 10.4. The fourth-order valence-corrected chi connectivity index (χ4v) is 1.03. The van der Waals surface area contributed by atoms with Crippen molar-refractivity contribution < 1.29 is 13.9 Å². The maximum absolute atomic E-state index is 12.2. The van der Waals surface area contributed by atoms with Gasteiger partial charge in [-0.2, -0.15) is 5.26 Å². The second-order valence-electron chi connectivity index (χ2n) is 2.75. The van der Waals surface area contributed by atoms with Crippen LogP contribution < -0.4 is 5.73 Å². The largest absolute Gasteiger partial charge is 0.508 e. The van der Waals surface area contributed by atoms with Crippen molar-refractivity contribution in [3.05, 3.63) is 29.3 Å². The van der Waals surface area contributed by atoms with Gasteiger partial charge in [0.25, 0.3) is 6.43 Å². The Balaban J connectivity index is 3.13. The van der Waals surface area contributed by atoms with E-state index in [1.54, 1.807) is 6.07 Å². The first-order valence-electron chi connectivity index (χ1n) is 3.83. The molecule has 1 atom stereocenters. The molecule has 3 nitrogen and oxygen atoms in total. The van der Waals surface area contributed by atoms with Crippen molar-refractivity contribution >= 4 is 0 Å². The van der Waals surface area contributed by atoms with Crippen LogP contribution in [0, 0.1) is 11.3 Å². The fourth-order valence-electron chi connectivity index (χ4n) is 1.03. The first-order chi connectivity index (χ1) is 6.56. The van der Waals surface area contributed by atoms with E-state index in [9.17, 15) is 13.9 Å². The molecule has 0 saturated carbocycles. The molecule has 0 aromatic heterocycles. The number of rotatable bonds is 2. The molecule has 1 aromatic rings. The zero-order valence-corrected chi connectivity index (χ0v) is 7.11. The number of nitrogens with two attached hydrogens (primary N) is 1. The van der Waals surface area contributed by atoms with Crippen molar-refractivity contribution in [1.82, 2.24) is 0 Å². The van der Waals surface area contributed by atoms with Gasteiger partial charge in [0, 0.05) is 5.56 Å². The van der Waals surface area contributed by atoms with E-state index < -0.39 is 12.5 Å². The molecule has 14 heavy (non-hydrogen) atoms. The lowest BCUT2D eigenvalue weighted by Gasteiger charge is -2.12. The number of alkyl halides is 2. The Labute approximate surface area is 79.4 Å². The third-order valence-electron chi connectivity index (χ3n) is 1.79. The molecule has 3 N–H and O–H groups in total. The van der Waals surface area contributed by atoms with E-state index in [1.807, 2.05) is 0 Å². The normalized spacial score (nSPS) is 12.5. The monoisotopic (exact) mass is 198 g/mol. The van der Waals surface area contributed by atoms with E-state index in [2.05, 4.69) is 0 Å². The highest BCUT2D eigenvalue weighted by Crippen LogP contribution is 2.27. The SMILES string of the molecule is N#Cc1ccc(O)c([C@@H](N)C(F)F)c1. The number of nitriles is 1. The minimum Gasteiger partial charge on any atom is -0.508 e. The molecule has 1 rings (SSSR count). The first-order valence-corrected chi connectivity index (χ1v) is 3.83. The Morgan fingerprint density at radius 1 is 1.43 bits per heavy atom. The summed E-state index contributed by atoms with van der Waals surface area (Å²) in [6, 6.07) is 3.88. The van der Waals surface area contributed by atoms with E-state index in [0.29, 0.717) is 0 Å². The van der Waals surface area contributed by atoms with Crippen molar-refractivity contribution in [1.29, 1.82) is 5.26 Å². The van der Waals surface area contributed by atoms with E-state index in [0.717, 1.165) is 6.07 Å². The zero-order chi connectivity index (χ0) is 10.7. The molecule has 0 unspecified atom stereocenters. The average molecular weight is 198 g/mol. The summed E-state index contributed by atoms with van der Waals surface area (Å²) in [5.74, 6) is -0.322. The van der Waals surface area contributed by atoms with Gasteiger partial charge in [0.2, 0.25) is 0 Å². The molecule has 0 heterocycles. The number of hydrogen-bond acceptors (Lipinski definition) is 3. The summed E-state index contributed by atoms with van der Waals surface area (Å²) in [5.41, 5.74) is 5.22. The average Bonchev–Trinajstić information content (AvgIpc) is 2.17. The van der Waals surface area contributed by atoms with Gasteiger partial charge >= 0.3 is 0 Å². The summed E-state index contributed by atoms with van der Waals surface area (Å²) < 4.78 is 24.4. The molecule has 0 saturated heterocycles. The molecule has 0 bridgehead atoms. The Hall–Kier alpha value is -1.67. The Morgan fingerprint density at radius 3 is 2.57 bits per heavy atom. The second-order valence-corrected chi connectivity index (χ2v) is 2.75. The maximum atomic E-state index is 12.2. The van der Waals surface area contributed by atoms with Gasteiger partial charge in [-0.1, -0.05) is 0 Å². The third kappa shape index (κ3) is 1.98. The topological polar surface area (TPSA) is 70.0 Å². The Morgan fingerprint density at radius 2 is 2.07 bits per heavy atom. The number of hydrogen-bond donors (Lipinski definition) is 2. The van der Waals surface area contributed by atoms with Gasteiger partial charge in [0.05, 0.1) is 17.7 Å². The molecular weight excluding hydrogens is 190 g/mol. The highest BCUT2D eigenvalue weighted by molar-refractivity contribution is 5.42. The minimum atomic E-state index is -2.77. The molecule has 0 aliphatic rings. The zero-order valence-electron chi connectivity index (χ0n) is 7.11. The van der Waals surface area contributed by atoms with Crippen LogP contribution in [0.5, 0.6) is 5.75 Å². The van der Waals surface area contributed by atoms with Crippen LogP contribution in [-0.4, -0.2) is 11.5 Å². The number of halogens is 2. The van der Waals surface area contributed by atoms with Gasteiger partial charge in [-0.05, 0) is 18.2 Å². The third-order valence-corrected chi connectivity index (χ3v) is 1.79. The molecular formula is C9H8F2N2O. The van der Waals surface area contributed by atoms with Crippen LogP contribution in [0.2, 0.25) is 0 Å². The molecule has 74 valence electrons. The standard InChI is InChI=1S/C9H8F2N2O/c10-9(11)8(13)6-3-5(4-12)1-2-7(6)14/h1-3,8-9,14H,13H2/t8-/m1/s1. The molecule has 0 spiro atoms. The van der Waals surface area contributed by atoms with Gasteiger partial charge < -0.3 is 10.8 Å². The van der Waals surface area contributed by atoms with Crippen LogP contribution >= 0.6 is 0 Å². The van der Waals surface area contributed by atoms with Crippen LogP contribution in [0.4, 0.5) is 8.78 Å². The summed E-state index contributed by atoms with van der Waals surface area (Å²) in [7, 11) is 0. The van der Waals surface area contributed by atoms with Crippen molar-refractivity contribution in [2.75, 3.05) is 0 Å². The van der Waals surface area contributed by atoms with Gasteiger partial charge in [-0.3, -0.25) is 0 Å². The molecule has 0 aliphatic heterocycles.